The first-order valence-corrected chi connectivity index (χ1v) is 6.98. The molecule has 0 bridgehead atoms. The van der Waals surface area contributed by atoms with E-state index in [1.54, 1.807) is 0 Å². The number of fused-ring (bicyclic) bond motifs is 1. The number of benzene rings is 2. The molecule has 0 radical (unpaired) electrons. The Morgan fingerprint density at radius 2 is 1.36 bits per heavy atom. The van der Waals surface area contributed by atoms with E-state index >= 15 is 0 Å². The molecule has 2 aromatic carbocycles. The molecule has 0 aliphatic carbocycles. The van der Waals surface area contributed by atoms with E-state index in [-0.39, 0.29) is 11.8 Å². The summed E-state index contributed by atoms with van der Waals surface area (Å²) < 4.78 is 1.93. The van der Waals surface area contributed by atoms with E-state index in [9.17, 15) is 9.59 Å². The summed E-state index contributed by atoms with van der Waals surface area (Å²) in [6.07, 6.45) is 2.60. The van der Waals surface area contributed by atoms with Crippen LogP contribution in [0.5, 0.6) is 0 Å². The summed E-state index contributed by atoms with van der Waals surface area (Å²) in [6, 6.07) is 19.4. The van der Waals surface area contributed by atoms with Crippen LogP contribution in [0.2, 0.25) is 0 Å². The van der Waals surface area contributed by atoms with Crippen LogP contribution in [0.25, 0.3) is 16.6 Å². The lowest BCUT2D eigenvalue weighted by Crippen LogP contribution is -2.31. The van der Waals surface area contributed by atoms with E-state index < -0.39 is 0 Å². The van der Waals surface area contributed by atoms with Crippen LogP contribution in [0.1, 0.15) is 0 Å². The van der Waals surface area contributed by atoms with Crippen molar-refractivity contribution in [2.45, 2.75) is 0 Å². The zero-order valence-corrected chi connectivity index (χ0v) is 11.6. The third-order valence-corrected chi connectivity index (χ3v) is 3.74. The van der Waals surface area contributed by atoms with E-state index in [0.717, 1.165) is 16.6 Å². The van der Waals surface area contributed by atoms with E-state index in [0.29, 0.717) is 5.82 Å². The third kappa shape index (κ3) is 1.78. The standard InChI is InChI=1S/C18H12N2O2/c21-17-10-11-18(22)20(17)16-12-13-6-4-5-9-15(13)19(16)14-7-2-1-3-8-14/h1-12H. The molecule has 0 fully saturated rings. The molecule has 0 atom stereocenters. The highest BCUT2D eigenvalue weighted by atomic mass is 16.2. The third-order valence-electron chi connectivity index (χ3n) is 3.74. The van der Waals surface area contributed by atoms with Gasteiger partial charge in [-0.25, -0.2) is 4.90 Å². The van der Waals surface area contributed by atoms with Crippen LogP contribution in [-0.4, -0.2) is 16.4 Å². The lowest BCUT2D eigenvalue weighted by atomic mass is 10.2. The number of amides is 2. The number of anilines is 1. The van der Waals surface area contributed by atoms with Crippen LogP contribution in [-0.2, 0) is 9.59 Å². The average molecular weight is 288 g/mol. The van der Waals surface area contributed by atoms with Crippen molar-refractivity contribution in [3.8, 4) is 5.69 Å². The molecule has 0 N–H and O–H groups in total. The molecule has 4 nitrogen and oxygen atoms in total. The number of hydrogen-bond acceptors (Lipinski definition) is 2. The van der Waals surface area contributed by atoms with Crippen molar-refractivity contribution in [1.29, 1.82) is 0 Å². The van der Waals surface area contributed by atoms with Crippen LogP contribution in [0.15, 0.2) is 72.8 Å². The number of hydrogen-bond donors (Lipinski definition) is 0. The molecular weight excluding hydrogens is 276 g/mol. The Labute approximate surface area is 126 Å². The number of rotatable bonds is 2. The summed E-state index contributed by atoms with van der Waals surface area (Å²) >= 11 is 0. The number of carbonyl (C=O) groups is 2. The second-order valence-corrected chi connectivity index (χ2v) is 5.08. The molecule has 0 spiro atoms. The average Bonchev–Trinajstić information content (AvgIpc) is 3.08. The molecule has 3 aromatic rings. The minimum atomic E-state index is -0.315. The van der Waals surface area contributed by atoms with Crippen molar-refractivity contribution in [3.63, 3.8) is 0 Å². The van der Waals surface area contributed by atoms with Crippen molar-refractivity contribution in [3.05, 3.63) is 72.8 Å². The van der Waals surface area contributed by atoms with Gasteiger partial charge in [-0.15, -0.1) is 0 Å². The molecule has 1 aromatic heterocycles. The Hall–Kier alpha value is -3.14. The summed E-state index contributed by atoms with van der Waals surface area (Å²) in [5.41, 5.74) is 1.86. The van der Waals surface area contributed by atoms with Crippen molar-refractivity contribution in [2.24, 2.45) is 0 Å². The normalized spacial score (nSPS) is 14.3. The molecule has 1 aliphatic rings. The summed E-state index contributed by atoms with van der Waals surface area (Å²) in [7, 11) is 0. The highest BCUT2D eigenvalue weighted by Crippen LogP contribution is 2.31. The maximum Gasteiger partial charge on any atom is 0.259 e. The fourth-order valence-corrected chi connectivity index (χ4v) is 2.78. The maximum atomic E-state index is 12.1. The lowest BCUT2D eigenvalue weighted by Gasteiger charge is -2.17. The fraction of sp³-hybridized carbons (Fsp3) is 0. The summed E-state index contributed by atoms with van der Waals surface area (Å²) in [6.45, 7) is 0. The minimum Gasteiger partial charge on any atom is -0.295 e. The van der Waals surface area contributed by atoms with Gasteiger partial charge in [0.1, 0.15) is 5.82 Å². The number of para-hydroxylation sites is 2. The molecular formula is C18H12N2O2. The largest absolute Gasteiger partial charge is 0.295 e. The van der Waals surface area contributed by atoms with E-state index in [1.165, 1.54) is 17.1 Å². The van der Waals surface area contributed by atoms with Gasteiger partial charge in [0.25, 0.3) is 11.8 Å². The lowest BCUT2D eigenvalue weighted by molar-refractivity contribution is -0.120. The van der Waals surface area contributed by atoms with Gasteiger partial charge in [-0.3, -0.25) is 14.2 Å². The van der Waals surface area contributed by atoms with Crippen molar-refractivity contribution in [2.75, 3.05) is 4.90 Å². The maximum absolute atomic E-state index is 12.1. The second-order valence-electron chi connectivity index (χ2n) is 5.08. The summed E-state index contributed by atoms with van der Waals surface area (Å²) in [5.74, 6) is -0.0672. The number of aromatic nitrogens is 1. The molecule has 0 saturated heterocycles. The Kier molecular flexibility index (Phi) is 2.69. The quantitative estimate of drug-likeness (QED) is 0.680. The molecule has 0 unspecified atom stereocenters. The molecule has 106 valence electrons. The summed E-state index contributed by atoms with van der Waals surface area (Å²) in [5, 5.41) is 0.980. The van der Waals surface area contributed by atoms with Gasteiger partial charge in [0.05, 0.1) is 5.52 Å². The predicted molar refractivity (Wildman–Crippen MR) is 84.9 cm³/mol. The first-order chi connectivity index (χ1) is 10.8. The van der Waals surface area contributed by atoms with E-state index in [1.807, 2.05) is 65.2 Å². The summed E-state index contributed by atoms with van der Waals surface area (Å²) in [4.78, 5) is 25.3. The molecule has 22 heavy (non-hydrogen) atoms. The Morgan fingerprint density at radius 3 is 2.09 bits per heavy atom. The van der Waals surface area contributed by atoms with Crippen molar-refractivity contribution >= 4 is 28.5 Å². The van der Waals surface area contributed by atoms with Crippen LogP contribution in [0, 0.1) is 0 Å². The molecule has 0 saturated carbocycles. The van der Waals surface area contributed by atoms with Crippen molar-refractivity contribution < 1.29 is 9.59 Å². The van der Waals surface area contributed by atoms with Gasteiger partial charge in [0, 0.05) is 23.2 Å². The van der Waals surface area contributed by atoms with Crippen LogP contribution >= 0.6 is 0 Å². The highest BCUT2D eigenvalue weighted by Gasteiger charge is 2.29. The van der Waals surface area contributed by atoms with Crippen LogP contribution in [0.3, 0.4) is 0 Å². The van der Waals surface area contributed by atoms with Gasteiger partial charge in [0.2, 0.25) is 0 Å². The smallest absolute Gasteiger partial charge is 0.259 e. The van der Waals surface area contributed by atoms with Crippen molar-refractivity contribution in [1.82, 2.24) is 4.57 Å². The molecule has 4 heteroatoms. The van der Waals surface area contributed by atoms with Gasteiger partial charge < -0.3 is 0 Å². The first-order valence-electron chi connectivity index (χ1n) is 6.98. The van der Waals surface area contributed by atoms with Crippen LogP contribution < -0.4 is 4.90 Å². The van der Waals surface area contributed by atoms with Gasteiger partial charge in [-0.2, -0.15) is 0 Å². The molecule has 1 aliphatic heterocycles. The molecule has 4 rings (SSSR count). The fourth-order valence-electron chi connectivity index (χ4n) is 2.78. The van der Waals surface area contributed by atoms with E-state index in [2.05, 4.69) is 0 Å². The SMILES string of the molecule is O=C1C=CC(=O)N1c1cc2ccccc2n1-c1ccccc1. The highest BCUT2D eigenvalue weighted by molar-refractivity contribution is 6.28. The van der Waals surface area contributed by atoms with Gasteiger partial charge in [-0.1, -0.05) is 36.4 Å². The Morgan fingerprint density at radius 1 is 0.727 bits per heavy atom. The minimum absolute atomic E-state index is 0.315. The molecule has 2 amide bonds. The second kappa shape index (κ2) is 4.70. The monoisotopic (exact) mass is 288 g/mol. The first kappa shape index (κ1) is 12.6. The van der Waals surface area contributed by atoms with Gasteiger partial charge in [0.15, 0.2) is 0 Å². The van der Waals surface area contributed by atoms with Gasteiger partial charge >= 0.3 is 0 Å². The van der Waals surface area contributed by atoms with Crippen LogP contribution in [0.4, 0.5) is 5.82 Å². The van der Waals surface area contributed by atoms with E-state index in [4.69, 9.17) is 0 Å². The predicted octanol–water partition coefficient (Wildman–Crippen LogP) is 3.06. The number of nitrogens with zero attached hydrogens (tertiary/aromatic N) is 2. The van der Waals surface area contributed by atoms with Gasteiger partial charge in [-0.05, 0) is 24.3 Å². The molecule has 2 heterocycles. The zero-order chi connectivity index (χ0) is 15.1. The number of carbonyl (C=O) groups excluding carboxylic acids is 2. The Bertz CT molecular complexity index is 905. The topological polar surface area (TPSA) is 42.3 Å². The number of imide groups is 1. The Balaban J connectivity index is 2.03. The zero-order valence-electron chi connectivity index (χ0n) is 11.6.